The number of halogens is 3. The molecule has 0 unspecified atom stereocenters. The number of piperazine rings is 1. The number of primary amides is 1. The Bertz CT molecular complexity index is 1960. The molecule has 3 aromatic rings. The highest BCUT2D eigenvalue weighted by atomic mass is 32.2. The average molecular weight is 743 g/mol. The highest BCUT2D eigenvalue weighted by molar-refractivity contribution is 7.89. The van der Waals surface area contributed by atoms with Gasteiger partial charge in [0.25, 0.3) is 11.8 Å². The number of piperidine rings is 1. The van der Waals surface area contributed by atoms with E-state index in [4.69, 9.17) is 5.73 Å². The molecule has 4 heterocycles. The predicted octanol–water partition coefficient (Wildman–Crippen LogP) is 4.19. The molecule has 1 aromatic heterocycles. The first kappa shape index (κ1) is 36.2. The van der Waals surface area contributed by atoms with Gasteiger partial charge in [0.2, 0.25) is 10.0 Å². The van der Waals surface area contributed by atoms with Crippen LogP contribution in [0.25, 0.3) is 5.69 Å². The fraction of sp³-hybridized carbons (Fsp3) is 0.528. The second kappa shape index (κ2) is 13.4. The minimum Gasteiger partial charge on any atom is -0.382 e. The van der Waals surface area contributed by atoms with E-state index in [1.165, 1.54) is 22.5 Å². The van der Waals surface area contributed by atoms with Crippen LogP contribution in [-0.2, 0) is 22.6 Å². The maximum atomic E-state index is 14.4. The van der Waals surface area contributed by atoms with Crippen molar-refractivity contribution in [1.82, 2.24) is 23.9 Å². The molecule has 1 saturated carbocycles. The van der Waals surface area contributed by atoms with Crippen molar-refractivity contribution in [2.45, 2.75) is 68.6 Å². The average Bonchev–Trinajstić information content (AvgIpc) is 3.84. The first-order chi connectivity index (χ1) is 24.5. The number of hydrogen-bond donors (Lipinski definition) is 2. The summed E-state index contributed by atoms with van der Waals surface area (Å²) >= 11 is 0. The standard InChI is InChI=1S/C36H45F3N8O4S/c1-35(2)21-30-31(34(49)46(35)22-23-4-5-23)32(36(37,38)39)42-47(30)26-8-11-28(33(40)48)29(20-26)41-24-12-14-45(15-13-24)52(50,51)27-9-6-25(7-10-27)44-18-16-43(3)17-19-44/h6-11,20,23-24,41H,4-5,12-19,21-22H2,1-3H3,(H2,40,48). The smallest absolute Gasteiger partial charge is 0.382 e. The Morgan fingerprint density at radius 1 is 0.962 bits per heavy atom. The lowest BCUT2D eigenvalue weighted by Crippen LogP contribution is -2.54. The van der Waals surface area contributed by atoms with Gasteiger partial charge >= 0.3 is 6.18 Å². The lowest BCUT2D eigenvalue weighted by atomic mass is 9.87. The molecule has 0 radical (unpaired) electrons. The summed E-state index contributed by atoms with van der Waals surface area (Å²) in [6.45, 7) is 8.18. The maximum absolute atomic E-state index is 14.4. The molecule has 4 aliphatic rings. The zero-order chi connectivity index (χ0) is 37.2. The third-order valence-electron chi connectivity index (χ3n) is 10.8. The van der Waals surface area contributed by atoms with Gasteiger partial charge in [-0.3, -0.25) is 9.59 Å². The third-order valence-corrected chi connectivity index (χ3v) is 12.8. The lowest BCUT2D eigenvalue weighted by Gasteiger charge is -2.42. The van der Waals surface area contributed by atoms with Crippen molar-refractivity contribution in [2.24, 2.45) is 11.7 Å². The molecule has 280 valence electrons. The Labute approximate surface area is 301 Å². The van der Waals surface area contributed by atoms with Gasteiger partial charge in [-0.05, 0) is 95.0 Å². The number of nitrogens with two attached hydrogens (primary N) is 1. The molecule has 16 heteroatoms. The van der Waals surface area contributed by atoms with Gasteiger partial charge in [-0.25, -0.2) is 13.1 Å². The molecule has 52 heavy (non-hydrogen) atoms. The number of amides is 2. The zero-order valence-corrected chi connectivity index (χ0v) is 30.4. The molecular formula is C36H45F3N8O4S. The monoisotopic (exact) mass is 742 g/mol. The van der Waals surface area contributed by atoms with Gasteiger partial charge < -0.3 is 25.8 Å². The van der Waals surface area contributed by atoms with Crippen molar-refractivity contribution in [3.8, 4) is 5.69 Å². The number of sulfonamides is 1. The number of benzene rings is 2. The second-order valence-electron chi connectivity index (χ2n) is 15.1. The number of nitrogens with zero attached hydrogens (tertiary/aromatic N) is 6. The highest BCUT2D eigenvalue weighted by Gasteiger charge is 2.49. The number of aromatic nitrogens is 2. The van der Waals surface area contributed by atoms with Gasteiger partial charge in [0.05, 0.1) is 27.4 Å². The van der Waals surface area contributed by atoms with Crippen LogP contribution in [0.5, 0.6) is 0 Å². The maximum Gasteiger partial charge on any atom is 0.435 e. The van der Waals surface area contributed by atoms with Crippen molar-refractivity contribution >= 4 is 33.2 Å². The van der Waals surface area contributed by atoms with Crippen LogP contribution in [0.15, 0.2) is 47.4 Å². The van der Waals surface area contributed by atoms with Crippen LogP contribution in [0.4, 0.5) is 24.5 Å². The van der Waals surface area contributed by atoms with E-state index < -0.39 is 44.8 Å². The van der Waals surface area contributed by atoms with E-state index in [0.29, 0.717) is 25.1 Å². The molecule has 2 saturated heterocycles. The fourth-order valence-electron chi connectivity index (χ4n) is 7.56. The SMILES string of the molecule is CN1CCN(c2ccc(S(=O)(=O)N3CCC(Nc4cc(-n5nc(C(F)(F)F)c6c5CC(C)(C)N(CC5CC5)C6=O)ccc4C(N)=O)CC3)cc2)CC1. The highest BCUT2D eigenvalue weighted by Crippen LogP contribution is 2.42. The van der Waals surface area contributed by atoms with E-state index in [9.17, 15) is 31.2 Å². The van der Waals surface area contributed by atoms with Crippen LogP contribution in [0.1, 0.15) is 71.6 Å². The molecule has 12 nitrogen and oxygen atoms in total. The molecular weight excluding hydrogens is 698 g/mol. The Hall–Kier alpha value is -4.15. The number of carbonyl (C=O) groups excluding carboxylic acids is 2. The largest absolute Gasteiger partial charge is 0.435 e. The number of carbonyl (C=O) groups is 2. The third kappa shape index (κ3) is 6.99. The summed E-state index contributed by atoms with van der Waals surface area (Å²) in [5, 5.41) is 7.27. The molecule has 0 bridgehead atoms. The molecule has 2 amide bonds. The van der Waals surface area contributed by atoms with Gasteiger partial charge in [-0.1, -0.05) is 0 Å². The second-order valence-corrected chi connectivity index (χ2v) is 17.1. The molecule has 7 rings (SSSR count). The van der Waals surface area contributed by atoms with Crippen molar-refractivity contribution < 1.29 is 31.2 Å². The van der Waals surface area contributed by atoms with Gasteiger partial charge in [0.1, 0.15) is 0 Å². The van der Waals surface area contributed by atoms with Gasteiger partial charge in [-0.15, -0.1) is 0 Å². The topological polar surface area (TPSA) is 137 Å². The predicted molar refractivity (Wildman–Crippen MR) is 190 cm³/mol. The zero-order valence-electron chi connectivity index (χ0n) is 29.6. The van der Waals surface area contributed by atoms with E-state index >= 15 is 0 Å². The van der Waals surface area contributed by atoms with E-state index in [1.54, 1.807) is 17.0 Å². The van der Waals surface area contributed by atoms with Crippen LogP contribution < -0.4 is 16.0 Å². The Balaban J connectivity index is 1.10. The van der Waals surface area contributed by atoms with Crippen LogP contribution in [0.2, 0.25) is 0 Å². The van der Waals surface area contributed by atoms with Crippen LogP contribution in [-0.4, -0.2) is 109 Å². The molecule has 0 spiro atoms. The van der Waals surface area contributed by atoms with Gasteiger partial charge in [-0.2, -0.15) is 22.6 Å². The normalized spacial score (nSPS) is 20.6. The molecule has 2 aromatic carbocycles. The minimum absolute atomic E-state index is 0.128. The van der Waals surface area contributed by atoms with Gasteiger partial charge in [0, 0.05) is 75.2 Å². The summed E-state index contributed by atoms with van der Waals surface area (Å²) in [5.41, 5.74) is 5.08. The van der Waals surface area contributed by atoms with Crippen molar-refractivity contribution in [3.05, 3.63) is 65.0 Å². The van der Waals surface area contributed by atoms with E-state index in [1.807, 2.05) is 26.0 Å². The molecule has 3 fully saturated rings. The van der Waals surface area contributed by atoms with E-state index in [0.717, 1.165) is 49.4 Å². The number of likely N-dealkylation sites (N-methyl/N-ethyl adjacent to an activating group) is 1. The summed E-state index contributed by atoms with van der Waals surface area (Å²) in [7, 11) is -1.67. The summed E-state index contributed by atoms with van der Waals surface area (Å²) in [4.78, 5) is 32.5. The van der Waals surface area contributed by atoms with Gasteiger partial charge in [0.15, 0.2) is 5.69 Å². The quantitative estimate of drug-likeness (QED) is 0.333. The number of fused-ring (bicyclic) bond motifs is 1. The lowest BCUT2D eigenvalue weighted by molar-refractivity contribution is -0.141. The van der Waals surface area contributed by atoms with Crippen molar-refractivity contribution in [1.29, 1.82) is 0 Å². The first-order valence-electron chi connectivity index (χ1n) is 17.8. The number of alkyl halides is 3. The molecule has 0 atom stereocenters. The fourth-order valence-corrected chi connectivity index (χ4v) is 9.03. The number of rotatable bonds is 9. The van der Waals surface area contributed by atoms with Crippen molar-refractivity contribution in [2.75, 3.05) is 63.1 Å². The number of nitrogens with one attached hydrogen (secondary N) is 1. The molecule has 1 aliphatic carbocycles. The first-order valence-corrected chi connectivity index (χ1v) is 19.2. The summed E-state index contributed by atoms with van der Waals surface area (Å²) < 4.78 is 72.9. The molecule has 3 aliphatic heterocycles. The Morgan fingerprint density at radius 2 is 1.60 bits per heavy atom. The summed E-state index contributed by atoms with van der Waals surface area (Å²) in [6, 6.07) is 11.2. The molecule has 3 N–H and O–H groups in total. The van der Waals surface area contributed by atoms with E-state index in [2.05, 4.69) is 27.3 Å². The Kier molecular flexibility index (Phi) is 9.31. The number of anilines is 2. The van der Waals surface area contributed by atoms with Crippen LogP contribution >= 0.6 is 0 Å². The van der Waals surface area contributed by atoms with Crippen LogP contribution in [0, 0.1) is 5.92 Å². The van der Waals surface area contributed by atoms with Crippen molar-refractivity contribution in [3.63, 3.8) is 0 Å². The number of hydrogen-bond acceptors (Lipinski definition) is 8. The summed E-state index contributed by atoms with van der Waals surface area (Å²) in [5.74, 6) is -1.13. The Morgan fingerprint density at radius 3 is 2.19 bits per heavy atom. The minimum atomic E-state index is -4.87. The summed E-state index contributed by atoms with van der Waals surface area (Å²) in [6.07, 6.45) is -2.01. The van der Waals surface area contributed by atoms with E-state index in [-0.39, 0.29) is 53.3 Å². The van der Waals surface area contributed by atoms with Crippen LogP contribution in [0.3, 0.4) is 0 Å².